The summed E-state index contributed by atoms with van der Waals surface area (Å²) in [7, 11) is 0. The molecule has 0 radical (unpaired) electrons. The predicted octanol–water partition coefficient (Wildman–Crippen LogP) is 2.13. The number of hydrogen-bond acceptors (Lipinski definition) is 6. The Kier molecular flexibility index (Phi) is 5.21. The highest BCUT2D eigenvalue weighted by Crippen LogP contribution is 2.37. The van der Waals surface area contributed by atoms with Crippen LogP contribution in [-0.2, 0) is 16.0 Å². The van der Waals surface area contributed by atoms with Crippen molar-refractivity contribution < 1.29 is 9.59 Å². The maximum Gasteiger partial charge on any atom is 0.249 e. The number of unbranched alkanes of at least 4 members (excludes halogenated alkanes) is 1. The third-order valence-corrected chi connectivity index (χ3v) is 5.71. The van der Waals surface area contributed by atoms with Gasteiger partial charge in [-0.05, 0) is 20.3 Å². The summed E-state index contributed by atoms with van der Waals surface area (Å²) < 4.78 is 0. The molecule has 1 aliphatic rings. The van der Waals surface area contributed by atoms with Gasteiger partial charge >= 0.3 is 0 Å². The second kappa shape index (κ2) is 6.74. The number of nitrogens with one attached hydrogen (secondary N) is 1. The minimum Gasteiger partial charge on any atom is -0.318 e. The number of amides is 2. The Morgan fingerprint density at radius 3 is 2.95 bits per heavy atom. The first-order valence-electron chi connectivity index (χ1n) is 6.99. The highest BCUT2D eigenvalue weighted by Gasteiger charge is 2.43. The van der Waals surface area contributed by atoms with Gasteiger partial charge < -0.3 is 4.90 Å². The lowest BCUT2D eigenvalue weighted by Gasteiger charge is -2.29. The molecule has 1 N–H and O–H groups in total. The minimum absolute atomic E-state index is 0.196. The first-order chi connectivity index (χ1) is 9.97. The molecule has 1 fully saturated rings. The van der Waals surface area contributed by atoms with Crippen LogP contribution in [0.2, 0.25) is 0 Å². The summed E-state index contributed by atoms with van der Waals surface area (Å²) in [6.07, 6.45) is 3.80. The SMILES string of the molecule is CCCCc1nnc(NC(=O)C2CSC(C)(C)N2C=O)s1. The Morgan fingerprint density at radius 2 is 2.29 bits per heavy atom. The van der Waals surface area contributed by atoms with Gasteiger partial charge in [-0.15, -0.1) is 22.0 Å². The van der Waals surface area contributed by atoms with Crippen molar-refractivity contribution in [2.24, 2.45) is 0 Å². The summed E-state index contributed by atoms with van der Waals surface area (Å²) >= 11 is 3.00. The number of aryl methyl sites for hydroxylation is 1. The van der Waals surface area contributed by atoms with E-state index in [-0.39, 0.29) is 10.8 Å². The zero-order chi connectivity index (χ0) is 15.5. The van der Waals surface area contributed by atoms with Gasteiger partial charge in [-0.2, -0.15) is 0 Å². The number of anilines is 1. The van der Waals surface area contributed by atoms with Crippen LogP contribution >= 0.6 is 23.1 Å². The van der Waals surface area contributed by atoms with Crippen LogP contribution in [0.1, 0.15) is 38.6 Å². The molecule has 0 aromatic carbocycles. The van der Waals surface area contributed by atoms with Gasteiger partial charge in [-0.25, -0.2) is 0 Å². The van der Waals surface area contributed by atoms with Crippen molar-refractivity contribution in [1.29, 1.82) is 0 Å². The molecule has 8 heteroatoms. The molecule has 0 spiro atoms. The molecular weight excluding hydrogens is 308 g/mol. The minimum atomic E-state index is -0.453. The van der Waals surface area contributed by atoms with Gasteiger partial charge in [0.2, 0.25) is 17.4 Å². The largest absolute Gasteiger partial charge is 0.318 e. The molecule has 21 heavy (non-hydrogen) atoms. The number of nitrogens with zero attached hydrogens (tertiary/aromatic N) is 3. The smallest absolute Gasteiger partial charge is 0.249 e. The van der Waals surface area contributed by atoms with Crippen LogP contribution in [0.15, 0.2) is 0 Å². The number of rotatable bonds is 6. The normalized spacial score (nSPS) is 20.5. The van der Waals surface area contributed by atoms with Crippen LogP contribution in [0.5, 0.6) is 0 Å². The van der Waals surface area contributed by atoms with Gasteiger partial charge in [0.05, 0.1) is 4.87 Å². The second-order valence-electron chi connectivity index (χ2n) is 5.38. The molecule has 1 aliphatic heterocycles. The maximum atomic E-state index is 12.3. The van der Waals surface area contributed by atoms with E-state index < -0.39 is 6.04 Å². The topological polar surface area (TPSA) is 75.2 Å². The molecule has 116 valence electrons. The van der Waals surface area contributed by atoms with E-state index in [1.54, 1.807) is 16.7 Å². The van der Waals surface area contributed by atoms with Gasteiger partial charge in [-0.1, -0.05) is 24.7 Å². The summed E-state index contributed by atoms with van der Waals surface area (Å²) in [5.41, 5.74) is 0. The van der Waals surface area contributed by atoms with Crippen molar-refractivity contribution in [3.63, 3.8) is 0 Å². The maximum absolute atomic E-state index is 12.3. The average Bonchev–Trinajstić information content (AvgIpc) is 2.99. The zero-order valence-electron chi connectivity index (χ0n) is 12.5. The van der Waals surface area contributed by atoms with Crippen LogP contribution in [0.4, 0.5) is 5.13 Å². The van der Waals surface area contributed by atoms with E-state index in [2.05, 4.69) is 22.4 Å². The Hall–Kier alpha value is -1.15. The van der Waals surface area contributed by atoms with E-state index in [0.29, 0.717) is 10.9 Å². The molecule has 1 aromatic rings. The van der Waals surface area contributed by atoms with E-state index in [9.17, 15) is 9.59 Å². The van der Waals surface area contributed by atoms with Crippen LogP contribution in [-0.4, -0.2) is 44.1 Å². The van der Waals surface area contributed by atoms with Crippen molar-refractivity contribution in [2.75, 3.05) is 11.1 Å². The molecule has 1 atom stereocenters. The number of aromatic nitrogens is 2. The third-order valence-electron chi connectivity index (χ3n) is 3.41. The fourth-order valence-electron chi connectivity index (χ4n) is 2.14. The molecule has 2 amide bonds. The predicted molar refractivity (Wildman–Crippen MR) is 85.4 cm³/mol. The number of carbonyl (C=O) groups is 2. The average molecular weight is 328 g/mol. The Balaban J connectivity index is 1.98. The van der Waals surface area contributed by atoms with E-state index in [0.717, 1.165) is 30.7 Å². The molecule has 1 saturated heterocycles. The third kappa shape index (κ3) is 3.74. The summed E-state index contributed by atoms with van der Waals surface area (Å²) in [4.78, 5) is 24.7. The highest BCUT2D eigenvalue weighted by molar-refractivity contribution is 8.00. The van der Waals surface area contributed by atoms with E-state index in [1.807, 2.05) is 13.8 Å². The molecule has 0 saturated carbocycles. The Bertz CT molecular complexity index is 518. The lowest BCUT2D eigenvalue weighted by atomic mass is 10.2. The number of thioether (sulfide) groups is 1. The van der Waals surface area contributed by atoms with Gasteiger partial charge in [0.1, 0.15) is 11.0 Å². The molecular formula is C13H20N4O2S2. The second-order valence-corrected chi connectivity index (χ2v) is 8.06. The van der Waals surface area contributed by atoms with Crippen LogP contribution in [0, 0.1) is 0 Å². The number of carbonyl (C=O) groups excluding carboxylic acids is 2. The van der Waals surface area contributed by atoms with Crippen molar-refractivity contribution in [3.05, 3.63) is 5.01 Å². The lowest BCUT2D eigenvalue weighted by molar-refractivity contribution is -0.130. The fraction of sp³-hybridized carbons (Fsp3) is 0.692. The summed E-state index contributed by atoms with van der Waals surface area (Å²) in [6.45, 7) is 6.00. The van der Waals surface area contributed by atoms with Crippen LogP contribution in [0.25, 0.3) is 0 Å². The standard InChI is InChI=1S/C13H20N4O2S2/c1-4-5-6-10-15-16-12(21-10)14-11(19)9-7-20-13(2,3)17(9)8-18/h8-9H,4-7H2,1-3H3,(H,14,16,19). The quantitative estimate of drug-likeness (QED) is 0.810. The zero-order valence-corrected chi connectivity index (χ0v) is 14.1. The van der Waals surface area contributed by atoms with Crippen LogP contribution in [0.3, 0.4) is 0 Å². The van der Waals surface area contributed by atoms with Crippen molar-refractivity contribution in [2.45, 2.75) is 50.9 Å². The van der Waals surface area contributed by atoms with Crippen molar-refractivity contribution in [1.82, 2.24) is 15.1 Å². The first kappa shape index (κ1) is 16.2. The van der Waals surface area contributed by atoms with Crippen LogP contribution < -0.4 is 5.32 Å². The monoisotopic (exact) mass is 328 g/mol. The molecule has 0 bridgehead atoms. The molecule has 2 rings (SSSR count). The molecule has 2 heterocycles. The van der Waals surface area contributed by atoms with Gasteiger partial charge in [-0.3, -0.25) is 14.9 Å². The van der Waals surface area contributed by atoms with Crippen molar-refractivity contribution >= 4 is 40.5 Å². The van der Waals surface area contributed by atoms with E-state index in [1.165, 1.54) is 11.3 Å². The molecule has 1 aromatic heterocycles. The Labute approximate surface area is 132 Å². The van der Waals surface area contributed by atoms with Gasteiger partial charge in [0.15, 0.2) is 0 Å². The fourth-order valence-corrected chi connectivity index (χ4v) is 4.12. The lowest BCUT2D eigenvalue weighted by Crippen LogP contribution is -2.47. The highest BCUT2D eigenvalue weighted by atomic mass is 32.2. The molecule has 6 nitrogen and oxygen atoms in total. The van der Waals surface area contributed by atoms with Gasteiger partial charge in [0, 0.05) is 12.2 Å². The molecule has 0 aliphatic carbocycles. The van der Waals surface area contributed by atoms with E-state index >= 15 is 0 Å². The Morgan fingerprint density at radius 1 is 1.52 bits per heavy atom. The first-order valence-corrected chi connectivity index (χ1v) is 8.79. The van der Waals surface area contributed by atoms with E-state index in [4.69, 9.17) is 0 Å². The summed E-state index contributed by atoms with van der Waals surface area (Å²) in [5, 5.41) is 12.3. The number of hydrogen-bond donors (Lipinski definition) is 1. The van der Waals surface area contributed by atoms with Gasteiger partial charge in [0.25, 0.3) is 0 Å². The summed E-state index contributed by atoms with van der Waals surface area (Å²) in [6, 6.07) is -0.453. The molecule has 1 unspecified atom stereocenters. The van der Waals surface area contributed by atoms with Crippen molar-refractivity contribution in [3.8, 4) is 0 Å². The summed E-state index contributed by atoms with van der Waals surface area (Å²) in [5.74, 6) is 0.400.